The fraction of sp³-hybridized carbons (Fsp3) is 0.533. The van der Waals surface area contributed by atoms with Gasteiger partial charge in [-0.1, -0.05) is 27.7 Å². The van der Waals surface area contributed by atoms with Gasteiger partial charge >= 0.3 is 0 Å². The molecule has 3 heteroatoms. The Morgan fingerprint density at radius 2 is 1.83 bits per heavy atom. The third-order valence-corrected chi connectivity index (χ3v) is 2.65. The number of phenolic OH excluding ortho intramolecular Hbond substituents is 1. The zero-order chi connectivity index (χ0) is 13.8. The van der Waals surface area contributed by atoms with Crippen LogP contribution in [0, 0.1) is 11.3 Å². The van der Waals surface area contributed by atoms with E-state index in [2.05, 4.69) is 33.0 Å². The third-order valence-electron chi connectivity index (χ3n) is 2.65. The van der Waals surface area contributed by atoms with Gasteiger partial charge in [0.05, 0.1) is 0 Å². The lowest BCUT2D eigenvalue weighted by atomic mass is 9.84. The molecule has 0 heterocycles. The van der Waals surface area contributed by atoms with Crippen LogP contribution in [-0.4, -0.2) is 11.0 Å². The van der Waals surface area contributed by atoms with Crippen LogP contribution in [0.2, 0.25) is 0 Å². The van der Waals surface area contributed by atoms with Crippen LogP contribution in [0.1, 0.15) is 40.5 Å². The van der Waals surface area contributed by atoms with Crippen molar-refractivity contribution < 1.29 is 9.90 Å². The van der Waals surface area contributed by atoms with Gasteiger partial charge in [-0.3, -0.25) is 4.79 Å². The van der Waals surface area contributed by atoms with Crippen LogP contribution in [0.25, 0.3) is 0 Å². The summed E-state index contributed by atoms with van der Waals surface area (Å²) < 4.78 is 0. The van der Waals surface area contributed by atoms with Crippen LogP contribution in [0.15, 0.2) is 24.3 Å². The molecule has 0 bridgehead atoms. The number of benzene rings is 1. The molecule has 1 aromatic rings. The second-order valence-electron chi connectivity index (χ2n) is 6.17. The minimum absolute atomic E-state index is 0.0254. The Morgan fingerprint density at radius 3 is 2.33 bits per heavy atom. The standard InChI is InChI=1S/C15H23NO2/c1-11(10-15(2,3)4)9-14(18)16-12-5-7-13(17)8-6-12/h5-8,11,17H,9-10H2,1-4H3,(H,16,18). The molecule has 1 aromatic carbocycles. The minimum atomic E-state index is 0.0254. The first kappa shape index (κ1) is 14.6. The van der Waals surface area contributed by atoms with Crippen LogP contribution in [-0.2, 0) is 4.79 Å². The lowest BCUT2D eigenvalue weighted by molar-refractivity contribution is -0.117. The Kier molecular flexibility index (Phi) is 4.76. The maximum atomic E-state index is 11.8. The summed E-state index contributed by atoms with van der Waals surface area (Å²) in [7, 11) is 0. The molecule has 0 radical (unpaired) electrons. The molecular weight excluding hydrogens is 226 g/mol. The predicted octanol–water partition coefficient (Wildman–Crippen LogP) is 3.79. The molecule has 1 rings (SSSR count). The van der Waals surface area contributed by atoms with E-state index in [4.69, 9.17) is 5.11 Å². The van der Waals surface area contributed by atoms with E-state index >= 15 is 0 Å². The van der Waals surface area contributed by atoms with E-state index in [9.17, 15) is 4.79 Å². The molecule has 2 N–H and O–H groups in total. The van der Waals surface area contributed by atoms with Crippen LogP contribution < -0.4 is 5.32 Å². The minimum Gasteiger partial charge on any atom is -0.508 e. The summed E-state index contributed by atoms with van der Waals surface area (Å²) in [4.78, 5) is 11.8. The molecule has 1 amide bonds. The largest absolute Gasteiger partial charge is 0.508 e. The van der Waals surface area contributed by atoms with E-state index in [1.807, 2.05) is 0 Å². The van der Waals surface area contributed by atoms with Gasteiger partial charge in [0.25, 0.3) is 0 Å². The number of carbonyl (C=O) groups is 1. The monoisotopic (exact) mass is 249 g/mol. The fourth-order valence-corrected chi connectivity index (χ4v) is 2.19. The topological polar surface area (TPSA) is 49.3 Å². The molecule has 3 nitrogen and oxygen atoms in total. The van der Waals surface area contributed by atoms with Gasteiger partial charge in [-0.15, -0.1) is 0 Å². The van der Waals surface area contributed by atoms with Gasteiger partial charge in [0.1, 0.15) is 5.75 Å². The van der Waals surface area contributed by atoms with Crippen LogP contribution in [0.5, 0.6) is 5.75 Å². The van der Waals surface area contributed by atoms with E-state index in [1.165, 1.54) is 0 Å². The predicted molar refractivity (Wildman–Crippen MR) is 74.6 cm³/mol. The first-order valence-corrected chi connectivity index (χ1v) is 6.35. The zero-order valence-corrected chi connectivity index (χ0v) is 11.7. The molecule has 0 aromatic heterocycles. The SMILES string of the molecule is CC(CC(=O)Nc1ccc(O)cc1)CC(C)(C)C. The summed E-state index contributed by atoms with van der Waals surface area (Å²) in [5, 5.41) is 12.0. The molecule has 0 saturated carbocycles. The molecule has 0 aliphatic carbocycles. The Balaban J connectivity index is 2.44. The van der Waals surface area contributed by atoms with Crippen molar-refractivity contribution in [2.24, 2.45) is 11.3 Å². The number of hydrogen-bond acceptors (Lipinski definition) is 2. The second-order valence-corrected chi connectivity index (χ2v) is 6.17. The quantitative estimate of drug-likeness (QED) is 0.797. The van der Waals surface area contributed by atoms with Crippen molar-refractivity contribution in [3.8, 4) is 5.75 Å². The highest BCUT2D eigenvalue weighted by molar-refractivity contribution is 5.90. The number of anilines is 1. The van der Waals surface area contributed by atoms with Gasteiger partial charge in [-0.2, -0.15) is 0 Å². The summed E-state index contributed by atoms with van der Waals surface area (Å²) in [6, 6.07) is 6.52. The number of rotatable bonds is 4. The Hall–Kier alpha value is -1.51. The molecule has 0 spiro atoms. The van der Waals surface area contributed by atoms with Gasteiger partial charge in [0, 0.05) is 12.1 Å². The number of hydrogen-bond donors (Lipinski definition) is 2. The highest BCUT2D eigenvalue weighted by Gasteiger charge is 2.17. The average molecular weight is 249 g/mol. The van der Waals surface area contributed by atoms with E-state index in [0.717, 1.165) is 12.1 Å². The van der Waals surface area contributed by atoms with Crippen molar-refractivity contribution in [1.82, 2.24) is 0 Å². The van der Waals surface area contributed by atoms with Gasteiger partial charge in [-0.05, 0) is 42.0 Å². The third kappa shape index (κ3) is 5.71. The van der Waals surface area contributed by atoms with Crippen molar-refractivity contribution in [2.45, 2.75) is 40.5 Å². The number of aromatic hydroxyl groups is 1. The highest BCUT2D eigenvalue weighted by Crippen LogP contribution is 2.26. The molecule has 18 heavy (non-hydrogen) atoms. The molecule has 0 aliphatic rings. The lowest BCUT2D eigenvalue weighted by Crippen LogP contribution is -2.18. The molecule has 0 aliphatic heterocycles. The molecule has 1 unspecified atom stereocenters. The summed E-state index contributed by atoms with van der Waals surface area (Å²) in [6.07, 6.45) is 1.55. The van der Waals surface area contributed by atoms with E-state index in [-0.39, 0.29) is 17.1 Å². The van der Waals surface area contributed by atoms with Crippen molar-refractivity contribution >= 4 is 11.6 Å². The van der Waals surface area contributed by atoms with Crippen LogP contribution in [0.4, 0.5) is 5.69 Å². The summed E-state index contributed by atoms with van der Waals surface area (Å²) in [6.45, 7) is 8.64. The van der Waals surface area contributed by atoms with Crippen LogP contribution in [0.3, 0.4) is 0 Å². The van der Waals surface area contributed by atoms with Crippen molar-refractivity contribution in [1.29, 1.82) is 0 Å². The Bertz CT molecular complexity index is 390. The maximum absolute atomic E-state index is 11.8. The second kappa shape index (κ2) is 5.89. The van der Waals surface area contributed by atoms with Gasteiger partial charge in [0.15, 0.2) is 0 Å². The molecule has 1 atom stereocenters. The maximum Gasteiger partial charge on any atom is 0.224 e. The summed E-state index contributed by atoms with van der Waals surface area (Å²) in [5.74, 6) is 0.591. The molecular formula is C15H23NO2. The summed E-state index contributed by atoms with van der Waals surface area (Å²) >= 11 is 0. The van der Waals surface area contributed by atoms with E-state index in [0.29, 0.717) is 12.3 Å². The number of carbonyl (C=O) groups excluding carboxylic acids is 1. The first-order chi connectivity index (χ1) is 8.26. The summed E-state index contributed by atoms with van der Waals surface area (Å²) in [5.41, 5.74) is 0.971. The smallest absolute Gasteiger partial charge is 0.224 e. The highest BCUT2D eigenvalue weighted by atomic mass is 16.3. The number of amides is 1. The Labute approximate surface area is 109 Å². The van der Waals surface area contributed by atoms with Crippen molar-refractivity contribution in [3.05, 3.63) is 24.3 Å². The molecule has 0 fully saturated rings. The average Bonchev–Trinajstić information content (AvgIpc) is 2.18. The van der Waals surface area contributed by atoms with Gasteiger partial charge in [0.2, 0.25) is 5.91 Å². The fourth-order valence-electron chi connectivity index (χ4n) is 2.19. The zero-order valence-electron chi connectivity index (χ0n) is 11.7. The van der Waals surface area contributed by atoms with Gasteiger partial charge in [-0.25, -0.2) is 0 Å². The van der Waals surface area contributed by atoms with Gasteiger partial charge < -0.3 is 10.4 Å². The van der Waals surface area contributed by atoms with E-state index in [1.54, 1.807) is 24.3 Å². The van der Waals surface area contributed by atoms with E-state index < -0.39 is 0 Å². The molecule has 0 saturated heterocycles. The lowest BCUT2D eigenvalue weighted by Gasteiger charge is -2.22. The van der Waals surface area contributed by atoms with Crippen molar-refractivity contribution in [3.63, 3.8) is 0 Å². The first-order valence-electron chi connectivity index (χ1n) is 6.35. The number of phenols is 1. The normalized spacial score (nSPS) is 13.1. The van der Waals surface area contributed by atoms with Crippen LogP contribution >= 0.6 is 0 Å². The Morgan fingerprint density at radius 1 is 1.28 bits per heavy atom. The van der Waals surface area contributed by atoms with Crippen molar-refractivity contribution in [2.75, 3.05) is 5.32 Å². The molecule has 100 valence electrons. The number of nitrogens with one attached hydrogen (secondary N) is 1.